The molecule has 1 atom stereocenters. The Kier molecular flexibility index (Phi) is 4.29. The predicted octanol–water partition coefficient (Wildman–Crippen LogP) is 5.95. The Morgan fingerprint density at radius 3 is 1.85 bits per heavy atom. The number of fused-ring (bicyclic) bond motifs is 1. The summed E-state index contributed by atoms with van der Waals surface area (Å²) in [6.45, 7) is 17.4. The lowest BCUT2D eigenvalue weighted by Crippen LogP contribution is -2.19. The van der Waals surface area contributed by atoms with E-state index in [1.54, 1.807) is 0 Å². The van der Waals surface area contributed by atoms with Crippen LogP contribution in [0.1, 0.15) is 80.8 Å². The lowest BCUT2D eigenvalue weighted by Gasteiger charge is -2.27. The number of benzene rings is 2. The largest absolute Gasteiger partial charge is 0.425 e. The van der Waals surface area contributed by atoms with Gasteiger partial charge in [0.1, 0.15) is 11.7 Å². The Labute approximate surface area is 157 Å². The van der Waals surface area contributed by atoms with E-state index in [2.05, 4.69) is 78.8 Å². The number of hydrogen-bond acceptors (Lipinski definition) is 2. The second-order valence-corrected chi connectivity index (χ2v) is 9.70. The van der Waals surface area contributed by atoms with Gasteiger partial charge >= 0.3 is 5.97 Å². The molecule has 2 aromatic rings. The van der Waals surface area contributed by atoms with Crippen LogP contribution in [0.2, 0.25) is 0 Å². The molecular formula is C24H30O2. The molecule has 0 N–H and O–H groups in total. The van der Waals surface area contributed by atoms with E-state index in [1.165, 1.54) is 11.1 Å². The Morgan fingerprint density at radius 2 is 1.35 bits per heavy atom. The minimum absolute atomic E-state index is 0.0177. The van der Waals surface area contributed by atoms with Gasteiger partial charge in [0.05, 0.1) is 0 Å². The van der Waals surface area contributed by atoms with Crippen LogP contribution < -0.4 is 4.74 Å². The second-order valence-electron chi connectivity index (χ2n) is 9.70. The fourth-order valence-electron chi connectivity index (χ4n) is 3.63. The Bertz CT molecular complexity index is 844. The molecule has 1 unspecified atom stereocenters. The molecular weight excluding hydrogens is 320 g/mol. The summed E-state index contributed by atoms with van der Waals surface area (Å²) in [6, 6.07) is 10.8. The van der Waals surface area contributed by atoms with Gasteiger partial charge in [-0.15, -0.1) is 0 Å². The van der Waals surface area contributed by atoms with Crippen molar-refractivity contribution in [1.82, 2.24) is 0 Å². The first-order chi connectivity index (χ1) is 11.9. The van der Waals surface area contributed by atoms with Gasteiger partial charge in [-0.3, -0.25) is 4.79 Å². The molecule has 26 heavy (non-hydrogen) atoms. The molecule has 0 spiro atoms. The SMILES string of the molecule is Cc1cc(C)c2c(c1)C(c1cc(C(C)(C)C)cc(C(C)(C)C)c1)C(=O)O2. The number of hydrogen-bond donors (Lipinski definition) is 0. The molecule has 1 heterocycles. The molecule has 2 nitrogen and oxygen atoms in total. The molecule has 1 aliphatic heterocycles. The molecule has 0 amide bonds. The molecule has 2 aromatic carbocycles. The van der Waals surface area contributed by atoms with E-state index < -0.39 is 0 Å². The monoisotopic (exact) mass is 350 g/mol. The van der Waals surface area contributed by atoms with Crippen molar-refractivity contribution in [2.45, 2.75) is 72.1 Å². The van der Waals surface area contributed by atoms with Crippen LogP contribution in [0.3, 0.4) is 0 Å². The van der Waals surface area contributed by atoms with Gasteiger partial charge in [0.25, 0.3) is 0 Å². The molecule has 3 rings (SSSR count). The average Bonchev–Trinajstić information content (AvgIpc) is 2.81. The summed E-state index contributed by atoms with van der Waals surface area (Å²) in [5.74, 6) is 0.232. The van der Waals surface area contributed by atoms with Gasteiger partial charge in [-0.05, 0) is 46.9 Å². The van der Waals surface area contributed by atoms with E-state index in [4.69, 9.17) is 4.74 Å². The molecule has 2 heteroatoms. The van der Waals surface area contributed by atoms with Gasteiger partial charge in [0.15, 0.2) is 0 Å². The number of esters is 1. The van der Waals surface area contributed by atoms with Gasteiger partial charge in [-0.1, -0.05) is 77.4 Å². The Morgan fingerprint density at radius 1 is 0.808 bits per heavy atom. The zero-order chi connectivity index (χ0) is 19.4. The maximum Gasteiger partial charge on any atom is 0.323 e. The molecule has 0 aromatic heterocycles. The maximum atomic E-state index is 12.8. The fourth-order valence-corrected chi connectivity index (χ4v) is 3.63. The number of aryl methyl sites for hydroxylation is 2. The summed E-state index contributed by atoms with van der Waals surface area (Å²) in [4.78, 5) is 12.8. The highest BCUT2D eigenvalue weighted by molar-refractivity contribution is 5.90. The summed E-state index contributed by atoms with van der Waals surface area (Å²) >= 11 is 0. The zero-order valence-corrected chi connectivity index (χ0v) is 17.3. The lowest BCUT2D eigenvalue weighted by atomic mass is 9.77. The zero-order valence-electron chi connectivity index (χ0n) is 17.3. The smallest absolute Gasteiger partial charge is 0.323 e. The highest BCUT2D eigenvalue weighted by Crippen LogP contribution is 2.43. The van der Waals surface area contributed by atoms with Crippen molar-refractivity contribution in [2.75, 3.05) is 0 Å². The standard InChI is InChI=1S/C24H30O2/c1-14-9-15(2)21-19(10-14)20(22(25)26-21)16-11-17(23(3,4)5)13-18(12-16)24(6,7)8/h9-13,20H,1-8H3. The van der Waals surface area contributed by atoms with Crippen molar-refractivity contribution in [3.05, 3.63) is 63.7 Å². The first-order valence-electron chi connectivity index (χ1n) is 9.37. The van der Waals surface area contributed by atoms with Crippen LogP contribution in [-0.4, -0.2) is 5.97 Å². The minimum atomic E-state index is -0.341. The van der Waals surface area contributed by atoms with E-state index in [1.807, 2.05) is 6.92 Å². The molecule has 0 radical (unpaired) electrons. The highest BCUT2D eigenvalue weighted by Gasteiger charge is 2.37. The third-order valence-corrected chi connectivity index (χ3v) is 5.22. The summed E-state index contributed by atoms with van der Waals surface area (Å²) in [5, 5.41) is 0. The quantitative estimate of drug-likeness (QED) is 0.469. The van der Waals surface area contributed by atoms with Crippen molar-refractivity contribution < 1.29 is 9.53 Å². The first kappa shape index (κ1) is 18.7. The molecule has 0 fully saturated rings. The summed E-state index contributed by atoms with van der Waals surface area (Å²) in [5.41, 5.74) is 6.77. The first-order valence-corrected chi connectivity index (χ1v) is 9.37. The van der Waals surface area contributed by atoms with Gasteiger partial charge in [-0.2, -0.15) is 0 Å². The van der Waals surface area contributed by atoms with E-state index in [0.29, 0.717) is 0 Å². The van der Waals surface area contributed by atoms with Crippen molar-refractivity contribution in [3.8, 4) is 5.75 Å². The molecule has 0 saturated carbocycles. The van der Waals surface area contributed by atoms with Crippen LogP contribution in [0.4, 0.5) is 0 Å². The van der Waals surface area contributed by atoms with Crippen LogP contribution in [0.5, 0.6) is 5.75 Å². The summed E-state index contributed by atoms with van der Waals surface area (Å²) < 4.78 is 5.67. The van der Waals surface area contributed by atoms with E-state index in [9.17, 15) is 4.79 Å². The van der Waals surface area contributed by atoms with E-state index in [-0.39, 0.29) is 22.7 Å². The van der Waals surface area contributed by atoms with Crippen LogP contribution in [-0.2, 0) is 15.6 Å². The van der Waals surface area contributed by atoms with E-state index >= 15 is 0 Å². The number of carbonyl (C=O) groups is 1. The van der Waals surface area contributed by atoms with E-state index in [0.717, 1.165) is 28.0 Å². The maximum absolute atomic E-state index is 12.8. The van der Waals surface area contributed by atoms with Crippen LogP contribution in [0.25, 0.3) is 0 Å². The number of rotatable bonds is 1. The predicted molar refractivity (Wildman–Crippen MR) is 107 cm³/mol. The fraction of sp³-hybridized carbons (Fsp3) is 0.458. The van der Waals surface area contributed by atoms with Crippen LogP contribution in [0, 0.1) is 13.8 Å². The van der Waals surface area contributed by atoms with Crippen molar-refractivity contribution in [1.29, 1.82) is 0 Å². The Balaban J connectivity index is 2.24. The normalized spacial score (nSPS) is 17.2. The van der Waals surface area contributed by atoms with Crippen molar-refractivity contribution >= 4 is 5.97 Å². The third-order valence-electron chi connectivity index (χ3n) is 5.22. The molecule has 0 saturated heterocycles. The number of ether oxygens (including phenoxy) is 1. The summed E-state index contributed by atoms with van der Waals surface area (Å²) in [6.07, 6.45) is 0. The average molecular weight is 351 g/mol. The third kappa shape index (κ3) is 3.30. The van der Waals surface area contributed by atoms with Crippen molar-refractivity contribution in [3.63, 3.8) is 0 Å². The second kappa shape index (κ2) is 5.97. The van der Waals surface area contributed by atoms with Gasteiger partial charge < -0.3 is 4.74 Å². The highest BCUT2D eigenvalue weighted by atomic mass is 16.5. The molecule has 138 valence electrons. The topological polar surface area (TPSA) is 26.3 Å². The van der Waals surface area contributed by atoms with Gasteiger partial charge in [0.2, 0.25) is 0 Å². The van der Waals surface area contributed by atoms with Crippen molar-refractivity contribution in [2.24, 2.45) is 0 Å². The van der Waals surface area contributed by atoms with Crippen LogP contribution >= 0.6 is 0 Å². The van der Waals surface area contributed by atoms with Gasteiger partial charge in [0, 0.05) is 5.56 Å². The summed E-state index contributed by atoms with van der Waals surface area (Å²) in [7, 11) is 0. The number of carbonyl (C=O) groups excluding carboxylic acids is 1. The Hall–Kier alpha value is -2.09. The lowest BCUT2D eigenvalue weighted by molar-refractivity contribution is -0.133. The molecule has 0 aliphatic carbocycles. The van der Waals surface area contributed by atoms with Gasteiger partial charge in [-0.25, -0.2) is 0 Å². The molecule has 1 aliphatic rings. The molecule has 0 bridgehead atoms. The minimum Gasteiger partial charge on any atom is -0.425 e. The van der Waals surface area contributed by atoms with Crippen LogP contribution in [0.15, 0.2) is 30.3 Å².